The minimum absolute atomic E-state index is 0.0649. The van der Waals surface area contributed by atoms with E-state index >= 15 is 0 Å². The van der Waals surface area contributed by atoms with E-state index in [1.165, 1.54) is 32.2 Å². The van der Waals surface area contributed by atoms with Crippen LogP contribution in [0.3, 0.4) is 0 Å². The summed E-state index contributed by atoms with van der Waals surface area (Å²) < 4.78 is 4.45. The van der Waals surface area contributed by atoms with Crippen LogP contribution in [-0.4, -0.2) is 30.0 Å². The molecule has 1 amide bonds. The van der Waals surface area contributed by atoms with Crippen molar-refractivity contribution in [2.24, 2.45) is 0 Å². The summed E-state index contributed by atoms with van der Waals surface area (Å²) in [5, 5.41) is 13.0. The summed E-state index contributed by atoms with van der Waals surface area (Å²) in [7, 11) is 1.19. The summed E-state index contributed by atoms with van der Waals surface area (Å²) in [4.78, 5) is 33.0. The maximum atomic E-state index is 11.8. The average molecular weight is 267 g/mol. The van der Waals surface area contributed by atoms with Gasteiger partial charge in [-0.1, -0.05) is 6.07 Å². The Hall–Kier alpha value is -2.64. The highest BCUT2D eigenvalue weighted by Crippen LogP contribution is 2.24. The zero-order chi connectivity index (χ0) is 14.6. The molecule has 19 heavy (non-hydrogen) atoms. The number of ether oxygens (including phenoxy) is 1. The molecular weight excluding hydrogens is 254 g/mol. The molecule has 0 radical (unpaired) electrons. The first-order valence-electron chi connectivity index (χ1n) is 5.30. The number of nitrogens with two attached hydrogens (primary N) is 1. The van der Waals surface area contributed by atoms with Crippen molar-refractivity contribution in [2.75, 3.05) is 12.8 Å². The molecule has 8 heteroatoms. The van der Waals surface area contributed by atoms with Crippen molar-refractivity contribution in [1.82, 2.24) is 5.32 Å². The molecule has 0 spiro atoms. The predicted octanol–water partition coefficient (Wildman–Crippen LogP) is 0.468. The van der Waals surface area contributed by atoms with E-state index < -0.39 is 22.8 Å². The molecule has 0 fully saturated rings. The molecule has 0 aliphatic heterocycles. The standard InChI is InChI=1S/C11H13N3O5/c1-6(11(16)19-2)13-10(15)7-4-3-5-8(9(7)12)14(17)18/h3-6H,12H2,1-2H3,(H,13,15)/t6-/m0/s1. The third-order valence-corrected chi connectivity index (χ3v) is 2.43. The number of carbonyl (C=O) groups is 2. The fraction of sp³-hybridized carbons (Fsp3) is 0.273. The van der Waals surface area contributed by atoms with Gasteiger partial charge in [-0.15, -0.1) is 0 Å². The maximum Gasteiger partial charge on any atom is 0.328 e. The first-order chi connectivity index (χ1) is 8.88. The zero-order valence-corrected chi connectivity index (χ0v) is 10.4. The molecule has 0 aromatic heterocycles. The molecule has 0 saturated heterocycles. The number of esters is 1. The van der Waals surface area contributed by atoms with Crippen molar-refractivity contribution in [3.8, 4) is 0 Å². The van der Waals surface area contributed by atoms with Crippen LogP contribution in [0.4, 0.5) is 11.4 Å². The minimum atomic E-state index is -0.879. The summed E-state index contributed by atoms with van der Waals surface area (Å²) in [6, 6.07) is 2.99. The number of para-hydroxylation sites is 1. The van der Waals surface area contributed by atoms with E-state index in [4.69, 9.17) is 5.73 Å². The van der Waals surface area contributed by atoms with Crippen LogP contribution in [0.1, 0.15) is 17.3 Å². The van der Waals surface area contributed by atoms with Gasteiger partial charge in [0.05, 0.1) is 17.6 Å². The quantitative estimate of drug-likeness (QED) is 0.353. The van der Waals surface area contributed by atoms with Crippen LogP contribution < -0.4 is 11.1 Å². The summed E-state index contributed by atoms with van der Waals surface area (Å²) in [5.74, 6) is -1.31. The number of methoxy groups -OCH3 is 1. The highest BCUT2D eigenvalue weighted by atomic mass is 16.6. The molecule has 0 heterocycles. The number of nitro benzene ring substituents is 1. The lowest BCUT2D eigenvalue weighted by molar-refractivity contribution is -0.383. The number of hydrogen-bond donors (Lipinski definition) is 2. The number of nitro groups is 1. The van der Waals surface area contributed by atoms with Crippen LogP contribution >= 0.6 is 0 Å². The van der Waals surface area contributed by atoms with Gasteiger partial charge in [0.2, 0.25) is 0 Å². The van der Waals surface area contributed by atoms with E-state index in [0.717, 1.165) is 0 Å². The lowest BCUT2D eigenvalue weighted by Gasteiger charge is -2.12. The Morgan fingerprint density at radius 1 is 1.47 bits per heavy atom. The fourth-order valence-corrected chi connectivity index (χ4v) is 1.42. The molecule has 1 rings (SSSR count). The van der Waals surface area contributed by atoms with E-state index in [2.05, 4.69) is 10.1 Å². The topological polar surface area (TPSA) is 125 Å². The van der Waals surface area contributed by atoms with Gasteiger partial charge in [-0.05, 0) is 13.0 Å². The van der Waals surface area contributed by atoms with Gasteiger partial charge in [0.25, 0.3) is 11.6 Å². The summed E-state index contributed by atoms with van der Waals surface area (Å²) in [6.07, 6.45) is 0. The molecule has 0 aliphatic rings. The molecule has 102 valence electrons. The number of benzene rings is 1. The second kappa shape index (κ2) is 5.80. The molecule has 0 saturated carbocycles. The number of hydrogen-bond acceptors (Lipinski definition) is 6. The normalized spacial score (nSPS) is 11.5. The van der Waals surface area contributed by atoms with E-state index in [0.29, 0.717) is 0 Å². The van der Waals surface area contributed by atoms with Crippen molar-refractivity contribution in [2.45, 2.75) is 13.0 Å². The van der Waals surface area contributed by atoms with E-state index in [1.807, 2.05) is 0 Å². The molecule has 1 aromatic carbocycles. The Kier molecular flexibility index (Phi) is 4.41. The van der Waals surface area contributed by atoms with E-state index in [-0.39, 0.29) is 16.9 Å². The molecule has 1 atom stereocenters. The van der Waals surface area contributed by atoms with Crippen molar-refractivity contribution < 1.29 is 19.2 Å². The number of anilines is 1. The third kappa shape index (κ3) is 3.18. The molecular formula is C11H13N3O5. The number of carbonyl (C=O) groups excluding carboxylic acids is 2. The minimum Gasteiger partial charge on any atom is -0.467 e. The van der Waals surface area contributed by atoms with Crippen LogP contribution in [0.25, 0.3) is 0 Å². The van der Waals surface area contributed by atoms with Gasteiger partial charge in [0, 0.05) is 6.07 Å². The van der Waals surface area contributed by atoms with Crippen LogP contribution in [0.5, 0.6) is 0 Å². The summed E-state index contributed by atoms with van der Waals surface area (Å²) >= 11 is 0. The van der Waals surface area contributed by atoms with Gasteiger partial charge in [-0.2, -0.15) is 0 Å². The smallest absolute Gasteiger partial charge is 0.328 e. The van der Waals surface area contributed by atoms with Crippen LogP contribution in [0.2, 0.25) is 0 Å². The second-order valence-corrected chi connectivity index (χ2v) is 3.71. The van der Waals surface area contributed by atoms with Gasteiger partial charge < -0.3 is 15.8 Å². The average Bonchev–Trinajstić information content (AvgIpc) is 2.37. The SMILES string of the molecule is COC(=O)[C@H](C)NC(=O)c1cccc([N+](=O)[O-])c1N. The molecule has 8 nitrogen and oxygen atoms in total. The van der Waals surface area contributed by atoms with Crippen molar-refractivity contribution in [3.63, 3.8) is 0 Å². The molecule has 3 N–H and O–H groups in total. The summed E-state index contributed by atoms with van der Waals surface area (Å²) in [6.45, 7) is 1.43. The third-order valence-electron chi connectivity index (χ3n) is 2.43. The summed E-state index contributed by atoms with van der Waals surface area (Å²) in [5.41, 5.74) is 4.88. The molecule has 0 aliphatic carbocycles. The lowest BCUT2D eigenvalue weighted by atomic mass is 10.1. The lowest BCUT2D eigenvalue weighted by Crippen LogP contribution is -2.39. The van der Waals surface area contributed by atoms with Gasteiger partial charge in [-0.25, -0.2) is 4.79 Å². The van der Waals surface area contributed by atoms with Gasteiger partial charge in [-0.3, -0.25) is 14.9 Å². The molecule has 0 unspecified atom stereocenters. The number of nitrogens with zero attached hydrogens (tertiary/aromatic N) is 1. The highest BCUT2D eigenvalue weighted by molar-refractivity contribution is 6.02. The first kappa shape index (κ1) is 14.4. The van der Waals surface area contributed by atoms with Crippen molar-refractivity contribution in [1.29, 1.82) is 0 Å². The van der Waals surface area contributed by atoms with Crippen LogP contribution in [0, 0.1) is 10.1 Å². The van der Waals surface area contributed by atoms with Crippen molar-refractivity contribution >= 4 is 23.3 Å². The monoisotopic (exact) mass is 267 g/mol. The van der Waals surface area contributed by atoms with Crippen LogP contribution in [0.15, 0.2) is 18.2 Å². The van der Waals surface area contributed by atoms with Gasteiger partial charge >= 0.3 is 5.97 Å². The largest absolute Gasteiger partial charge is 0.467 e. The fourth-order valence-electron chi connectivity index (χ4n) is 1.42. The number of nitrogen functional groups attached to an aromatic ring is 1. The van der Waals surface area contributed by atoms with Gasteiger partial charge in [0.15, 0.2) is 0 Å². The Bertz CT molecular complexity index is 529. The highest BCUT2D eigenvalue weighted by Gasteiger charge is 2.22. The first-order valence-corrected chi connectivity index (χ1v) is 5.30. The Labute approximate surface area is 108 Å². The number of amides is 1. The Balaban J connectivity index is 2.98. The molecule has 1 aromatic rings. The van der Waals surface area contributed by atoms with Crippen molar-refractivity contribution in [3.05, 3.63) is 33.9 Å². The van der Waals surface area contributed by atoms with Crippen LogP contribution in [-0.2, 0) is 9.53 Å². The predicted molar refractivity (Wildman–Crippen MR) is 66.5 cm³/mol. The number of nitrogens with one attached hydrogen (secondary N) is 1. The number of rotatable bonds is 4. The Morgan fingerprint density at radius 2 is 2.11 bits per heavy atom. The zero-order valence-electron chi connectivity index (χ0n) is 10.4. The Morgan fingerprint density at radius 3 is 2.63 bits per heavy atom. The van der Waals surface area contributed by atoms with E-state index in [9.17, 15) is 19.7 Å². The second-order valence-electron chi connectivity index (χ2n) is 3.71. The van der Waals surface area contributed by atoms with Gasteiger partial charge in [0.1, 0.15) is 11.7 Å². The molecule has 0 bridgehead atoms. The van der Waals surface area contributed by atoms with E-state index in [1.54, 1.807) is 0 Å². The maximum absolute atomic E-state index is 11.8.